The van der Waals surface area contributed by atoms with Gasteiger partial charge in [0.2, 0.25) is 0 Å². The van der Waals surface area contributed by atoms with Gasteiger partial charge in [-0.1, -0.05) is 38.1 Å². The summed E-state index contributed by atoms with van der Waals surface area (Å²) < 4.78 is 16.4. The number of amides is 1. The number of likely N-dealkylation sites (tertiary alicyclic amines) is 1. The second-order valence-electron chi connectivity index (χ2n) is 12.0. The van der Waals surface area contributed by atoms with Crippen LogP contribution in [0.5, 0.6) is 11.5 Å². The first-order valence-corrected chi connectivity index (χ1v) is 15.0. The largest absolute Gasteiger partial charge is 0.494 e. The van der Waals surface area contributed by atoms with Crippen molar-refractivity contribution < 1.29 is 23.8 Å². The number of hydrogen-bond donors (Lipinski definition) is 0. The van der Waals surface area contributed by atoms with E-state index in [0.29, 0.717) is 29.8 Å². The van der Waals surface area contributed by atoms with Crippen molar-refractivity contribution in [3.05, 3.63) is 66.2 Å². The van der Waals surface area contributed by atoms with Crippen LogP contribution in [0.25, 0.3) is 10.8 Å². The zero-order chi connectivity index (χ0) is 29.5. The van der Waals surface area contributed by atoms with E-state index in [1.54, 1.807) is 12.1 Å². The van der Waals surface area contributed by atoms with Crippen molar-refractivity contribution in [2.24, 2.45) is 5.41 Å². The molecule has 1 amide bonds. The van der Waals surface area contributed by atoms with Crippen LogP contribution in [0, 0.1) is 5.41 Å². The minimum Gasteiger partial charge on any atom is -0.494 e. The molecule has 8 heteroatoms. The highest BCUT2D eigenvalue weighted by Gasteiger charge is 2.26. The SMILES string of the molecule is COC(=O)COc1ccc(C(=O)N2CCN(c3ccc(OCCCN4CCCC(C)(C)C4)cc3)CC2)c2ccccc12. The number of anilines is 1. The van der Waals surface area contributed by atoms with Crippen LogP contribution in [0.4, 0.5) is 5.69 Å². The van der Waals surface area contributed by atoms with E-state index in [0.717, 1.165) is 54.9 Å². The zero-order valence-corrected chi connectivity index (χ0v) is 25.1. The van der Waals surface area contributed by atoms with Crippen LogP contribution in [0.1, 0.15) is 43.5 Å². The molecule has 5 rings (SSSR count). The number of carbonyl (C=O) groups excluding carboxylic acids is 2. The Morgan fingerprint density at radius 2 is 1.60 bits per heavy atom. The number of ether oxygens (including phenoxy) is 3. The number of methoxy groups -OCH3 is 1. The Hall–Kier alpha value is -3.78. The van der Waals surface area contributed by atoms with Gasteiger partial charge in [-0.25, -0.2) is 4.79 Å². The topological polar surface area (TPSA) is 71.5 Å². The van der Waals surface area contributed by atoms with E-state index in [-0.39, 0.29) is 12.5 Å². The molecule has 0 saturated carbocycles. The Balaban J connectivity index is 1.11. The first-order chi connectivity index (χ1) is 20.3. The summed E-state index contributed by atoms with van der Waals surface area (Å²) >= 11 is 0. The van der Waals surface area contributed by atoms with Gasteiger partial charge in [0, 0.05) is 55.9 Å². The predicted octanol–water partition coefficient (Wildman–Crippen LogP) is 5.24. The Labute approximate surface area is 249 Å². The molecule has 2 fully saturated rings. The van der Waals surface area contributed by atoms with Gasteiger partial charge in [-0.3, -0.25) is 4.79 Å². The molecule has 0 unspecified atom stereocenters. The van der Waals surface area contributed by atoms with Gasteiger partial charge in [0.05, 0.1) is 13.7 Å². The second-order valence-corrected chi connectivity index (χ2v) is 12.0. The number of piperazine rings is 1. The first-order valence-electron chi connectivity index (χ1n) is 15.0. The Bertz CT molecular complexity index is 1370. The lowest BCUT2D eigenvalue weighted by molar-refractivity contribution is -0.142. The van der Waals surface area contributed by atoms with Gasteiger partial charge >= 0.3 is 5.97 Å². The molecule has 0 N–H and O–H groups in total. The number of esters is 1. The molecule has 0 spiro atoms. The average Bonchev–Trinajstić information content (AvgIpc) is 3.01. The number of nitrogens with zero attached hydrogens (tertiary/aromatic N) is 3. The Morgan fingerprint density at radius 1 is 0.857 bits per heavy atom. The summed E-state index contributed by atoms with van der Waals surface area (Å²) in [6.07, 6.45) is 3.64. The summed E-state index contributed by atoms with van der Waals surface area (Å²) in [5, 5.41) is 1.60. The molecular formula is C34H43N3O5. The van der Waals surface area contributed by atoms with Gasteiger partial charge in [-0.2, -0.15) is 0 Å². The molecule has 0 bridgehead atoms. The van der Waals surface area contributed by atoms with E-state index < -0.39 is 5.97 Å². The number of benzene rings is 3. The van der Waals surface area contributed by atoms with Crippen molar-refractivity contribution >= 4 is 28.3 Å². The van der Waals surface area contributed by atoms with E-state index in [4.69, 9.17) is 9.47 Å². The van der Waals surface area contributed by atoms with Crippen LogP contribution in [0.15, 0.2) is 60.7 Å². The quantitative estimate of drug-likeness (QED) is 0.243. The van der Waals surface area contributed by atoms with Gasteiger partial charge in [0.15, 0.2) is 6.61 Å². The normalized spacial score (nSPS) is 17.2. The van der Waals surface area contributed by atoms with Gasteiger partial charge in [0.1, 0.15) is 11.5 Å². The molecular weight excluding hydrogens is 530 g/mol. The molecule has 224 valence electrons. The van der Waals surface area contributed by atoms with E-state index in [2.05, 4.69) is 40.5 Å². The Kier molecular flexibility index (Phi) is 9.52. The van der Waals surface area contributed by atoms with Crippen LogP contribution in [-0.4, -0.2) is 87.8 Å². The first kappa shape index (κ1) is 29.7. The molecule has 2 aliphatic heterocycles. The Morgan fingerprint density at radius 3 is 2.31 bits per heavy atom. The molecule has 8 nitrogen and oxygen atoms in total. The molecule has 2 heterocycles. The third-order valence-corrected chi connectivity index (χ3v) is 8.32. The van der Waals surface area contributed by atoms with Crippen LogP contribution in [-0.2, 0) is 9.53 Å². The summed E-state index contributed by atoms with van der Waals surface area (Å²) in [5.41, 5.74) is 2.20. The van der Waals surface area contributed by atoms with Crippen molar-refractivity contribution in [3.8, 4) is 11.5 Å². The van der Waals surface area contributed by atoms with Crippen molar-refractivity contribution in [2.75, 3.05) is 71.0 Å². The maximum atomic E-state index is 13.6. The fourth-order valence-corrected chi connectivity index (χ4v) is 6.08. The summed E-state index contributed by atoms with van der Waals surface area (Å²) in [5.74, 6) is 1.00. The summed E-state index contributed by atoms with van der Waals surface area (Å²) in [6, 6.07) is 19.5. The smallest absolute Gasteiger partial charge is 0.343 e. The van der Waals surface area contributed by atoms with Gasteiger partial charge in [-0.05, 0) is 73.0 Å². The molecule has 2 saturated heterocycles. The molecule has 3 aromatic carbocycles. The van der Waals surface area contributed by atoms with Crippen LogP contribution in [0.3, 0.4) is 0 Å². The highest BCUT2D eigenvalue weighted by atomic mass is 16.6. The number of hydrogen-bond acceptors (Lipinski definition) is 7. The van der Waals surface area contributed by atoms with Gasteiger partial charge in [-0.15, -0.1) is 0 Å². The standard InChI is InChI=1S/C34H43N3O5/c1-34(2)16-6-17-35(25-34)18-7-23-41-27-12-10-26(11-13-27)36-19-21-37(22-20-36)33(39)30-14-15-31(42-24-32(38)40-3)29-9-5-4-8-28(29)30/h4-5,8-15H,6-7,16-25H2,1-3H3. The van der Waals surface area contributed by atoms with Crippen molar-refractivity contribution in [1.29, 1.82) is 0 Å². The zero-order valence-electron chi connectivity index (χ0n) is 25.1. The highest BCUT2D eigenvalue weighted by molar-refractivity contribution is 6.08. The van der Waals surface area contributed by atoms with E-state index in [9.17, 15) is 9.59 Å². The minimum absolute atomic E-state index is 0.00207. The van der Waals surface area contributed by atoms with Gasteiger partial charge in [0.25, 0.3) is 5.91 Å². The fraction of sp³-hybridized carbons (Fsp3) is 0.471. The predicted molar refractivity (Wildman–Crippen MR) is 166 cm³/mol. The average molecular weight is 574 g/mol. The molecule has 0 atom stereocenters. The van der Waals surface area contributed by atoms with Crippen molar-refractivity contribution in [2.45, 2.75) is 33.1 Å². The fourth-order valence-electron chi connectivity index (χ4n) is 6.08. The lowest BCUT2D eigenvalue weighted by atomic mass is 9.84. The van der Waals surface area contributed by atoms with Crippen LogP contribution < -0.4 is 14.4 Å². The summed E-state index contributed by atoms with van der Waals surface area (Å²) in [4.78, 5) is 31.9. The number of rotatable bonds is 10. The van der Waals surface area contributed by atoms with E-state index in [1.165, 1.54) is 33.0 Å². The van der Waals surface area contributed by atoms with Crippen LogP contribution in [0.2, 0.25) is 0 Å². The van der Waals surface area contributed by atoms with E-state index >= 15 is 0 Å². The lowest BCUT2D eigenvalue weighted by Gasteiger charge is -2.38. The summed E-state index contributed by atoms with van der Waals surface area (Å²) in [6.45, 7) is 11.5. The monoisotopic (exact) mass is 573 g/mol. The number of fused-ring (bicyclic) bond motifs is 1. The second kappa shape index (κ2) is 13.5. The maximum absolute atomic E-state index is 13.6. The number of carbonyl (C=O) groups is 2. The molecule has 0 aromatic heterocycles. The van der Waals surface area contributed by atoms with Crippen LogP contribution >= 0.6 is 0 Å². The third-order valence-electron chi connectivity index (χ3n) is 8.32. The van der Waals surface area contributed by atoms with Crippen molar-refractivity contribution in [1.82, 2.24) is 9.80 Å². The molecule has 2 aliphatic rings. The van der Waals surface area contributed by atoms with Crippen molar-refractivity contribution in [3.63, 3.8) is 0 Å². The summed E-state index contributed by atoms with van der Waals surface area (Å²) in [7, 11) is 1.33. The molecule has 0 aliphatic carbocycles. The molecule has 42 heavy (non-hydrogen) atoms. The lowest BCUT2D eigenvalue weighted by Crippen LogP contribution is -2.48. The molecule has 3 aromatic rings. The van der Waals surface area contributed by atoms with Gasteiger partial charge < -0.3 is 28.9 Å². The highest BCUT2D eigenvalue weighted by Crippen LogP contribution is 2.31. The molecule has 0 radical (unpaired) electrons. The maximum Gasteiger partial charge on any atom is 0.343 e. The minimum atomic E-state index is -0.452. The van der Waals surface area contributed by atoms with E-state index in [1.807, 2.05) is 41.3 Å². The number of piperidine rings is 1. The third kappa shape index (κ3) is 7.34.